The first-order valence-corrected chi connectivity index (χ1v) is 9.20. The summed E-state index contributed by atoms with van der Waals surface area (Å²) in [7, 11) is -3.65. The minimum absolute atomic E-state index is 0.117. The molecular weight excluding hydrogens is 340 g/mol. The summed E-state index contributed by atoms with van der Waals surface area (Å²) in [4.78, 5) is 14.2. The first kappa shape index (κ1) is 18.2. The standard InChI is InChI=1S/C14H21ClN4O3S/c1-11(18-6-8-19(9-7-18)23(16,21)22)14(20)17-10-12-4-2-3-5-13(12)15/h2-5,11H,6-10H2,1H3,(H,17,20)(H2,16,21,22). The summed E-state index contributed by atoms with van der Waals surface area (Å²) in [5, 5.41) is 8.58. The van der Waals surface area contributed by atoms with Crippen molar-refractivity contribution in [2.75, 3.05) is 26.2 Å². The molecule has 23 heavy (non-hydrogen) atoms. The third-order valence-electron chi connectivity index (χ3n) is 3.97. The maximum atomic E-state index is 12.3. The molecule has 0 bridgehead atoms. The van der Waals surface area contributed by atoms with Gasteiger partial charge in [0.25, 0.3) is 10.2 Å². The number of hydrogen-bond acceptors (Lipinski definition) is 4. The number of hydrogen-bond donors (Lipinski definition) is 2. The first-order chi connectivity index (χ1) is 10.8. The van der Waals surface area contributed by atoms with Crippen molar-refractivity contribution < 1.29 is 13.2 Å². The monoisotopic (exact) mass is 360 g/mol. The number of amides is 1. The van der Waals surface area contributed by atoms with Gasteiger partial charge >= 0.3 is 0 Å². The lowest BCUT2D eigenvalue weighted by Crippen LogP contribution is -2.55. The number of nitrogens with zero attached hydrogens (tertiary/aromatic N) is 2. The van der Waals surface area contributed by atoms with Crippen molar-refractivity contribution in [2.24, 2.45) is 5.14 Å². The molecule has 128 valence electrons. The van der Waals surface area contributed by atoms with E-state index < -0.39 is 10.2 Å². The van der Waals surface area contributed by atoms with Gasteiger partial charge in [0.1, 0.15) is 0 Å². The number of nitrogens with two attached hydrogens (primary N) is 1. The summed E-state index contributed by atoms with van der Waals surface area (Å²) in [5.41, 5.74) is 0.855. The van der Waals surface area contributed by atoms with Crippen molar-refractivity contribution in [3.63, 3.8) is 0 Å². The lowest BCUT2D eigenvalue weighted by molar-refractivity contribution is -0.126. The zero-order valence-corrected chi connectivity index (χ0v) is 14.5. The maximum Gasteiger partial charge on any atom is 0.276 e. The van der Waals surface area contributed by atoms with Gasteiger partial charge < -0.3 is 5.32 Å². The molecule has 1 amide bonds. The Morgan fingerprint density at radius 2 is 1.91 bits per heavy atom. The van der Waals surface area contributed by atoms with Crippen LogP contribution in [-0.4, -0.2) is 55.8 Å². The molecule has 2 rings (SSSR count). The molecule has 0 saturated carbocycles. The summed E-state index contributed by atoms with van der Waals surface area (Å²) in [6.45, 7) is 3.69. The second-order valence-corrected chi connectivity index (χ2v) is 7.42. The lowest BCUT2D eigenvalue weighted by Gasteiger charge is -2.35. The Balaban J connectivity index is 1.85. The molecule has 0 radical (unpaired) electrons. The van der Waals surface area contributed by atoms with Crippen LogP contribution >= 0.6 is 11.6 Å². The van der Waals surface area contributed by atoms with Crippen LogP contribution in [0.4, 0.5) is 0 Å². The average molecular weight is 361 g/mol. The van der Waals surface area contributed by atoms with Crippen molar-refractivity contribution in [3.05, 3.63) is 34.9 Å². The quantitative estimate of drug-likeness (QED) is 0.782. The summed E-state index contributed by atoms with van der Waals surface area (Å²) in [5.74, 6) is -0.117. The Morgan fingerprint density at radius 1 is 1.30 bits per heavy atom. The topological polar surface area (TPSA) is 95.7 Å². The van der Waals surface area contributed by atoms with Gasteiger partial charge in [-0.3, -0.25) is 9.69 Å². The Bertz CT molecular complexity index is 660. The highest BCUT2D eigenvalue weighted by Crippen LogP contribution is 2.14. The second-order valence-electron chi connectivity index (χ2n) is 5.47. The fraction of sp³-hybridized carbons (Fsp3) is 0.500. The second kappa shape index (κ2) is 7.59. The number of benzene rings is 1. The fourth-order valence-corrected chi connectivity index (χ4v) is 3.36. The van der Waals surface area contributed by atoms with E-state index in [0.717, 1.165) is 5.56 Å². The Morgan fingerprint density at radius 3 is 2.48 bits per heavy atom. The van der Waals surface area contributed by atoms with Gasteiger partial charge in [-0.25, -0.2) is 5.14 Å². The molecule has 3 N–H and O–H groups in total. The van der Waals surface area contributed by atoms with E-state index in [1.54, 1.807) is 13.0 Å². The molecule has 1 fully saturated rings. The van der Waals surface area contributed by atoms with Gasteiger partial charge in [0, 0.05) is 37.7 Å². The molecule has 1 atom stereocenters. The fourth-order valence-electron chi connectivity index (χ4n) is 2.48. The smallest absolute Gasteiger partial charge is 0.276 e. The van der Waals surface area contributed by atoms with Gasteiger partial charge in [0.15, 0.2) is 0 Å². The minimum Gasteiger partial charge on any atom is -0.351 e. The minimum atomic E-state index is -3.65. The number of rotatable bonds is 5. The van der Waals surface area contributed by atoms with E-state index in [4.69, 9.17) is 16.7 Å². The third-order valence-corrected chi connectivity index (χ3v) is 5.42. The molecule has 0 spiro atoms. The SMILES string of the molecule is CC(C(=O)NCc1ccccc1Cl)N1CCN(S(N)(=O)=O)CC1. The highest BCUT2D eigenvalue weighted by molar-refractivity contribution is 7.86. The summed E-state index contributed by atoms with van der Waals surface area (Å²) in [6.07, 6.45) is 0. The van der Waals surface area contributed by atoms with Crippen LogP contribution in [0.5, 0.6) is 0 Å². The number of piperazine rings is 1. The van der Waals surface area contributed by atoms with Crippen molar-refractivity contribution in [2.45, 2.75) is 19.5 Å². The number of halogens is 1. The molecule has 1 aliphatic heterocycles. The van der Waals surface area contributed by atoms with Gasteiger partial charge in [-0.05, 0) is 18.6 Å². The normalized spacial score (nSPS) is 18.6. The summed E-state index contributed by atoms with van der Waals surface area (Å²) < 4.78 is 23.8. The van der Waals surface area contributed by atoms with Crippen LogP contribution in [0, 0.1) is 0 Å². The van der Waals surface area contributed by atoms with E-state index in [1.165, 1.54) is 4.31 Å². The molecule has 9 heteroatoms. The highest BCUT2D eigenvalue weighted by Gasteiger charge is 2.29. The largest absolute Gasteiger partial charge is 0.351 e. The van der Waals surface area contributed by atoms with E-state index in [-0.39, 0.29) is 11.9 Å². The van der Waals surface area contributed by atoms with E-state index in [9.17, 15) is 13.2 Å². The van der Waals surface area contributed by atoms with Crippen molar-refractivity contribution in [3.8, 4) is 0 Å². The molecule has 1 saturated heterocycles. The number of carbonyl (C=O) groups is 1. The van der Waals surface area contributed by atoms with Gasteiger partial charge in [0.2, 0.25) is 5.91 Å². The van der Waals surface area contributed by atoms with E-state index in [2.05, 4.69) is 5.32 Å². The van der Waals surface area contributed by atoms with Crippen LogP contribution in [0.1, 0.15) is 12.5 Å². The van der Waals surface area contributed by atoms with Crippen molar-refractivity contribution in [1.82, 2.24) is 14.5 Å². The van der Waals surface area contributed by atoms with Crippen molar-refractivity contribution >= 4 is 27.7 Å². The zero-order valence-electron chi connectivity index (χ0n) is 12.9. The Hall–Kier alpha value is -1.19. The summed E-state index contributed by atoms with van der Waals surface area (Å²) in [6, 6.07) is 6.99. The van der Waals surface area contributed by atoms with Gasteiger partial charge in [-0.15, -0.1) is 0 Å². The maximum absolute atomic E-state index is 12.3. The van der Waals surface area contributed by atoms with Crippen LogP contribution in [0.15, 0.2) is 24.3 Å². The molecule has 1 heterocycles. The van der Waals surface area contributed by atoms with E-state index in [0.29, 0.717) is 37.7 Å². The van der Waals surface area contributed by atoms with Crippen LogP contribution < -0.4 is 10.5 Å². The molecule has 1 unspecified atom stereocenters. The lowest BCUT2D eigenvalue weighted by atomic mass is 10.2. The first-order valence-electron chi connectivity index (χ1n) is 7.32. The van der Waals surface area contributed by atoms with Gasteiger partial charge in [-0.1, -0.05) is 29.8 Å². The molecule has 1 aliphatic rings. The number of carbonyl (C=O) groups excluding carboxylic acids is 1. The van der Waals surface area contributed by atoms with Crippen molar-refractivity contribution in [1.29, 1.82) is 0 Å². The Labute approximate surface area is 141 Å². The Kier molecular flexibility index (Phi) is 5.99. The molecular formula is C14H21ClN4O3S. The van der Waals surface area contributed by atoms with E-state index >= 15 is 0 Å². The summed E-state index contributed by atoms with van der Waals surface area (Å²) >= 11 is 6.06. The van der Waals surface area contributed by atoms with Crippen LogP contribution in [0.3, 0.4) is 0 Å². The molecule has 1 aromatic rings. The van der Waals surface area contributed by atoms with Gasteiger partial charge in [-0.2, -0.15) is 12.7 Å². The molecule has 7 nitrogen and oxygen atoms in total. The van der Waals surface area contributed by atoms with Crippen LogP contribution in [-0.2, 0) is 21.5 Å². The van der Waals surface area contributed by atoms with Gasteiger partial charge in [0.05, 0.1) is 6.04 Å². The predicted molar refractivity (Wildman–Crippen MR) is 89.0 cm³/mol. The zero-order chi connectivity index (χ0) is 17.0. The third kappa shape index (κ3) is 4.89. The van der Waals surface area contributed by atoms with E-state index in [1.807, 2.05) is 23.1 Å². The molecule has 1 aromatic carbocycles. The van der Waals surface area contributed by atoms with Crippen LogP contribution in [0.2, 0.25) is 5.02 Å². The molecule has 0 aromatic heterocycles. The number of nitrogens with one attached hydrogen (secondary N) is 1. The predicted octanol–water partition coefficient (Wildman–Crippen LogP) is 0.166. The molecule has 0 aliphatic carbocycles. The highest BCUT2D eigenvalue weighted by atomic mass is 35.5. The average Bonchev–Trinajstić information content (AvgIpc) is 2.52. The van der Waals surface area contributed by atoms with Crippen LogP contribution in [0.25, 0.3) is 0 Å².